The molecule has 2 rings (SSSR count). The van der Waals surface area contributed by atoms with Crippen LogP contribution in [0.4, 0.5) is 22.5 Å². The molecule has 0 aliphatic heterocycles. The van der Waals surface area contributed by atoms with Crippen molar-refractivity contribution >= 4 is 33.8 Å². The maximum absolute atomic E-state index is 5.60. The van der Waals surface area contributed by atoms with E-state index >= 15 is 0 Å². The number of pyridine rings is 1. The maximum atomic E-state index is 5.60. The predicted octanol–water partition coefficient (Wildman–Crippen LogP) is 2.12. The van der Waals surface area contributed by atoms with Crippen LogP contribution in [-0.4, -0.2) is 9.97 Å². The number of thiazole rings is 1. The SMILES string of the molecule is Nc1ccc(N=Nc2nccs2)c(N)n1. The van der Waals surface area contributed by atoms with Crippen LogP contribution in [-0.2, 0) is 0 Å². The molecule has 7 heteroatoms. The van der Waals surface area contributed by atoms with Gasteiger partial charge in [-0.15, -0.1) is 21.6 Å². The first-order valence-corrected chi connectivity index (χ1v) is 4.97. The van der Waals surface area contributed by atoms with E-state index < -0.39 is 0 Å². The van der Waals surface area contributed by atoms with Gasteiger partial charge in [0.25, 0.3) is 0 Å². The van der Waals surface area contributed by atoms with Gasteiger partial charge in [0.2, 0.25) is 5.13 Å². The molecule has 4 N–H and O–H groups in total. The predicted molar refractivity (Wildman–Crippen MR) is 59.4 cm³/mol. The second-order valence-corrected chi connectivity index (χ2v) is 3.53. The summed E-state index contributed by atoms with van der Waals surface area (Å²) in [5, 5.41) is 10.2. The second kappa shape index (κ2) is 4.01. The second-order valence-electron chi connectivity index (χ2n) is 2.66. The molecule has 0 aliphatic rings. The summed E-state index contributed by atoms with van der Waals surface area (Å²) in [6.07, 6.45) is 1.66. The van der Waals surface area contributed by atoms with Crippen LogP contribution in [0.3, 0.4) is 0 Å². The highest BCUT2D eigenvalue weighted by Crippen LogP contribution is 2.24. The Hall–Kier alpha value is -2.02. The van der Waals surface area contributed by atoms with Crippen molar-refractivity contribution in [1.82, 2.24) is 9.97 Å². The molecule has 15 heavy (non-hydrogen) atoms. The summed E-state index contributed by atoms with van der Waals surface area (Å²) < 4.78 is 0. The van der Waals surface area contributed by atoms with Crippen molar-refractivity contribution in [3.8, 4) is 0 Å². The van der Waals surface area contributed by atoms with Crippen LogP contribution in [0.25, 0.3) is 0 Å². The van der Waals surface area contributed by atoms with Crippen LogP contribution in [0.5, 0.6) is 0 Å². The Morgan fingerprint density at radius 3 is 2.73 bits per heavy atom. The molecule has 0 aliphatic carbocycles. The van der Waals surface area contributed by atoms with E-state index in [1.54, 1.807) is 18.3 Å². The van der Waals surface area contributed by atoms with Gasteiger partial charge in [-0.25, -0.2) is 9.97 Å². The lowest BCUT2D eigenvalue weighted by Gasteiger charge is -1.97. The Labute approximate surface area is 89.7 Å². The maximum Gasteiger partial charge on any atom is 0.229 e. The van der Waals surface area contributed by atoms with Crippen molar-refractivity contribution < 1.29 is 0 Å². The summed E-state index contributed by atoms with van der Waals surface area (Å²) in [6.45, 7) is 0. The molecule has 0 spiro atoms. The Morgan fingerprint density at radius 2 is 2.07 bits per heavy atom. The summed E-state index contributed by atoms with van der Waals surface area (Å²) >= 11 is 1.39. The van der Waals surface area contributed by atoms with E-state index in [1.165, 1.54) is 11.3 Å². The first-order chi connectivity index (χ1) is 7.25. The lowest BCUT2D eigenvalue weighted by atomic mass is 10.4. The standard InChI is InChI=1S/C8H8N6S/c9-6-2-1-5(7(10)12-6)13-14-8-11-3-4-15-8/h1-4H,(H4,9,10,12). The summed E-state index contributed by atoms with van der Waals surface area (Å²) in [5.74, 6) is 0.621. The van der Waals surface area contributed by atoms with Crippen LogP contribution in [0.15, 0.2) is 33.9 Å². The molecule has 2 heterocycles. The Morgan fingerprint density at radius 1 is 1.20 bits per heavy atom. The average Bonchev–Trinajstić information content (AvgIpc) is 2.69. The minimum absolute atomic E-state index is 0.260. The van der Waals surface area contributed by atoms with Crippen LogP contribution >= 0.6 is 11.3 Å². The van der Waals surface area contributed by atoms with E-state index in [4.69, 9.17) is 11.5 Å². The highest BCUT2D eigenvalue weighted by molar-refractivity contribution is 7.13. The molecule has 0 radical (unpaired) electrons. The quantitative estimate of drug-likeness (QED) is 0.756. The number of rotatable bonds is 2. The van der Waals surface area contributed by atoms with Crippen LogP contribution < -0.4 is 11.5 Å². The minimum atomic E-state index is 0.260. The normalized spacial score (nSPS) is 10.9. The van der Waals surface area contributed by atoms with Crippen molar-refractivity contribution in [1.29, 1.82) is 0 Å². The number of anilines is 2. The average molecular weight is 220 g/mol. The number of azo groups is 1. The zero-order valence-corrected chi connectivity index (χ0v) is 8.48. The smallest absolute Gasteiger partial charge is 0.229 e. The molecule has 0 bridgehead atoms. The molecule has 0 saturated heterocycles. The van der Waals surface area contributed by atoms with Crippen LogP contribution in [0, 0.1) is 0 Å². The van der Waals surface area contributed by atoms with Gasteiger partial charge in [-0.05, 0) is 12.1 Å². The summed E-state index contributed by atoms with van der Waals surface area (Å²) in [4.78, 5) is 7.81. The number of nitrogen functional groups attached to an aromatic ring is 2. The molecule has 0 amide bonds. The van der Waals surface area contributed by atoms with E-state index in [0.717, 1.165) is 0 Å². The zero-order valence-electron chi connectivity index (χ0n) is 7.66. The fourth-order valence-electron chi connectivity index (χ4n) is 0.930. The summed E-state index contributed by atoms with van der Waals surface area (Å²) in [7, 11) is 0. The van der Waals surface area contributed by atoms with Crippen molar-refractivity contribution in [2.45, 2.75) is 0 Å². The van der Waals surface area contributed by atoms with Gasteiger partial charge in [0.05, 0.1) is 0 Å². The van der Waals surface area contributed by atoms with Crippen LogP contribution in [0.2, 0.25) is 0 Å². The number of nitrogens with two attached hydrogens (primary N) is 2. The Balaban J connectivity index is 2.24. The molecule has 2 aromatic heterocycles. The fourth-order valence-corrected chi connectivity index (χ4v) is 1.38. The van der Waals surface area contributed by atoms with Crippen LogP contribution in [0.1, 0.15) is 0 Å². The molecule has 0 fully saturated rings. The third kappa shape index (κ3) is 2.26. The number of hydrogen-bond donors (Lipinski definition) is 2. The van der Waals surface area contributed by atoms with Crippen molar-refractivity contribution in [3.05, 3.63) is 23.7 Å². The van der Waals surface area contributed by atoms with E-state index in [0.29, 0.717) is 16.6 Å². The summed E-state index contributed by atoms with van der Waals surface area (Å²) in [5.41, 5.74) is 11.5. The van der Waals surface area contributed by atoms with Gasteiger partial charge in [0.15, 0.2) is 5.82 Å². The first kappa shape index (κ1) is 9.53. The van der Waals surface area contributed by atoms with Crippen molar-refractivity contribution in [2.75, 3.05) is 11.5 Å². The van der Waals surface area contributed by atoms with E-state index in [2.05, 4.69) is 20.2 Å². The molecule has 0 saturated carbocycles. The van der Waals surface area contributed by atoms with Gasteiger partial charge in [-0.3, -0.25) is 0 Å². The molecule has 0 aromatic carbocycles. The topological polar surface area (TPSA) is 103 Å². The Kier molecular flexibility index (Phi) is 2.55. The molecular weight excluding hydrogens is 212 g/mol. The summed E-state index contributed by atoms with van der Waals surface area (Å²) in [6, 6.07) is 3.28. The lowest BCUT2D eigenvalue weighted by Crippen LogP contribution is -1.95. The monoisotopic (exact) mass is 220 g/mol. The third-order valence-electron chi connectivity index (χ3n) is 1.59. The molecule has 76 valence electrons. The number of hydrogen-bond acceptors (Lipinski definition) is 7. The Bertz CT molecular complexity index is 478. The van der Waals surface area contributed by atoms with Crippen molar-refractivity contribution in [3.63, 3.8) is 0 Å². The van der Waals surface area contributed by atoms with Gasteiger partial charge in [-0.2, -0.15) is 0 Å². The number of nitrogens with zero attached hydrogens (tertiary/aromatic N) is 4. The largest absolute Gasteiger partial charge is 0.384 e. The molecule has 2 aromatic rings. The van der Waals surface area contributed by atoms with Crippen molar-refractivity contribution in [2.24, 2.45) is 10.2 Å². The minimum Gasteiger partial charge on any atom is -0.384 e. The van der Waals surface area contributed by atoms with E-state index in [1.807, 2.05) is 5.38 Å². The van der Waals surface area contributed by atoms with Gasteiger partial charge < -0.3 is 11.5 Å². The highest BCUT2D eigenvalue weighted by Gasteiger charge is 1.99. The lowest BCUT2D eigenvalue weighted by molar-refractivity contribution is 1.18. The van der Waals surface area contributed by atoms with Gasteiger partial charge >= 0.3 is 0 Å². The molecule has 0 atom stereocenters. The molecule has 6 nitrogen and oxygen atoms in total. The zero-order chi connectivity index (χ0) is 10.7. The van der Waals surface area contributed by atoms with Gasteiger partial charge in [0, 0.05) is 11.6 Å². The fraction of sp³-hybridized carbons (Fsp3) is 0. The van der Waals surface area contributed by atoms with E-state index in [-0.39, 0.29) is 5.82 Å². The van der Waals surface area contributed by atoms with E-state index in [9.17, 15) is 0 Å². The van der Waals surface area contributed by atoms with Gasteiger partial charge in [-0.1, -0.05) is 0 Å². The third-order valence-corrected chi connectivity index (χ3v) is 2.24. The first-order valence-electron chi connectivity index (χ1n) is 4.09. The highest BCUT2D eigenvalue weighted by atomic mass is 32.1. The molecule has 0 unspecified atom stereocenters. The number of aromatic nitrogens is 2. The molecular formula is C8H8N6S. The van der Waals surface area contributed by atoms with Gasteiger partial charge in [0.1, 0.15) is 11.5 Å².